The smallest absolute Gasteiger partial charge is 0.116 e. The molecule has 0 saturated heterocycles. The van der Waals surface area contributed by atoms with Gasteiger partial charge in [0, 0.05) is 54.8 Å². The van der Waals surface area contributed by atoms with Crippen molar-refractivity contribution in [1.29, 1.82) is 0 Å². The summed E-state index contributed by atoms with van der Waals surface area (Å²) in [6.07, 6.45) is 11.3. The summed E-state index contributed by atoms with van der Waals surface area (Å²) in [4.78, 5) is 7.27. The van der Waals surface area contributed by atoms with E-state index in [0.29, 0.717) is 0 Å². The number of phenolic OH excluding ortho intramolecular Hbond substituents is 2. The fourth-order valence-electron chi connectivity index (χ4n) is 5.55. The molecule has 0 aliphatic rings. The van der Waals surface area contributed by atoms with E-state index in [2.05, 4.69) is 21.8 Å². The first-order valence-corrected chi connectivity index (χ1v) is 12.1. The molecule has 0 atom stereocenters. The van der Waals surface area contributed by atoms with Crippen LogP contribution in [0.15, 0.2) is 84.9 Å². The van der Waals surface area contributed by atoms with Gasteiger partial charge < -0.3 is 20.2 Å². The molecule has 0 spiro atoms. The van der Waals surface area contributed by atoms with Gasteiger partial charge in [-0.25, -0.2) is 0 Å². The second-order valence-corrected chi connectivity index (χ2v) is 9.40. The molecule has 4 N–H and O–H groups in total. The van der Waals surface area contributed by atoms with Gasteiger partial charge in [-0.1, -0.05) is 36.1 Å². The minimum atomic E-state index is 0.189. The number of benzene rings is 5. The Labute approximate surface area is 218 Å². The molecular weight excluding hydrogens is 468 g/mol. The maximum absolute atomic E-state index is 10.4. The van der Waals surface area contributed by atoms with Gasteiger partial charge in [0.15, 0.2) is 0 Å². The molecule has 7 aromatic rings. The molecule has 178 valence electrons. The van der Waals surface area contributed by atoms with E-state index in [1.807, 2.05) is 60.7 Å². The van der Waals surface area contributed by atoms with Crippen LogP contribution in [0.2, 0.25) is 0 Å². The van der Waals surface area contributed by atoms with Crippen LogP contribution in [0.1, 0.15) is 11.1 Å². The summed E-state index contributed by atoms with van der Waals surface area (Å²) >= 11 is 0. The molecule has 0 aliphatic carbocycles. The van der Waals surface area contributed by atoms with Crippen molar-refractivity contribution in [3.05, 3.63) is 96.1 Å². The number of hydrogen-bond acceptors (Lipinski definition) is 2. The Kier molecular flexibility index (Phi) is 4.54. The SMILES string of the molecule is C#Cc1ccc(-c2c3[nH]c4ccc(O)cc4c3c(-c3ccc(C#C)cc3)c3[nH]c4ccc(O)cc4c23)cc1. The number of aromatic hydroxyl groups is 2. The molecule has 5 aromatic carbocycles. The Balaban J connectivity index is 1.76. The Morgan fingerprint density at radius 2 is 0.921 bits per heavy atom. The Morgan fingerprint density at radius 3 is 1.29 bits per heavy atom. The zero-order valence-corrected chi connectivity index (χ0v) is 20.1. The summed E-state index contributed by atoms with van der Waals surface area (Å²) < 4.78 is 0. The second kappa shape index (κ2) is 7.96. The first-order chi connectivity index (χ1) is 18.6. The van der Waals surface area contributed by atoms with Gasteiger partial charge in [-0.05, 0) is 71.8 Å². The fourth-order valence-corrected chi connectivity index (χ4v) is 5.55. The molecule has 0 bridgehead atoms. The molecule has 0 unspecified atom stereocenters. The molecule has 4 nitrogen and oxygen atoms in total. The third kappa shape index (κ3) is 3.08. The molecule has 0 radical (unpaired) electrons. The van der Waals surface area contributed by atoms with Crippen LogP contribution in [0, 0.1) is 24.7 Å². The molecular formula is C34H20N2O2. The van der Waals surface area contributed by atoms with E-state index in [1.165, 1.54) is 0 Å². The lowest BCUT2D eigenvalue weighted by Gasteiger charge is -2.14. The van der Waals surface area contributed by atoms with Gasteiger partial charge in [0.05, 0.1) is 11.0 Å². The predicted octanol–water partition coefficient (Wildman–Crippen LogP) is 7.66. The molecule has 4 heteroatoms. The summed E-state index contributed by atoms with van der Waals surface area (Å²) in [5.41, 5.74) is 9.17. The number of hydrogen-bond donors (Lipinski definition) is 4. The number of aromatic nitrogens is 2. The molecule has 0 saturated carbocycles. The molecule has 7 rings (SSSR count). The molecule has 0 aliphatic heterocycles. The highest BCUT2D eigenvalue weighted by molar-refractivity contribution is 6.32. The summed E-state index contributed by atoms with van der Waals surface area (Å²) in [6, 6.07) is 26.5. The largest absolute Gasteiger partial charge is 0.508 e. The van der Waals surface area contributed by atoms with E-state index >= 15 is 0 Å². The van der Waals surface area contributed by atoms with Gasteiger partial charge in [0.1, 0.15) is 11.5 Å². The summed E-state index contributed by atoms with van der Waals surface area (Å²) in [6.45, 7) is 0. The number of fused-ring (bicyclic) bond motifs is 6. The minimum Gasteiger partial charge on any atom is -0.508 e. The first kappa shape index (κ1) is 21.7. The molecule has 2 aromatic heterocycles. The molecule has 0 amide bonds. The van der Waals surface area contributed by atoms with Crippen molar-refractivity contribution in [2.45, 2.75) is 0 Å². The van der Waals surface area contributed by atoms with Gasteiger partial charge in [-0.2, -0.15) is 0 Å². The quantitative estimate of drug-likeness (QED) is 0.189. The Hall–Kier alpha value is -5.58. The van der Waals surface area contributed by atoms with E-state index in [-0.39, 0.29) is 11.5 Å². The van der Waals surface area contributed by atoms with Crippen molar-refractivity contribution < 1.29 is 10.2 Å². The fraction of sp³-hybridized carbons (Fsp3) is 0. The van der Waals surface area contributed by atoms with Crippen molar-refractivity contribution in [3.63, 3.8) is 0 Å². The Bertz CT molecular complexity index is 1990. The van der Waals surface area contributed by atoms with Crippen LogP contribution in [0.4, 0.5) is 0 Å². The highest BCUT2D eigenvalue weighted by Crippen LogP contribution is 2.49. The molecule has 38 heavy (non-hydrogen) atoms. The predicted molar refractivity (Wildman–Crippen MR) is 155 cm³/mol. The summed E-state index contributed by atoms with van der Waals surface area (Å²) in [5, 5.41) is 24.7. The lowest BCUT2D eigenvalue weighted by atomic mass is 9.89. The first-order valence-electron chi connectivity index (χ1n) is 12.1. The monoisotopic (exact) mass is 488 g/mol. The molecule has 0 fully saturated rings. The van der Waals surface area contributed by atoms with E-state index < -0.39 is 0 Å². The zero-order valence-electron chi connectivity index (χ0n) is 20.1. The lowest BCUT2D eigenvalue weighted by molar-refractivity contribution is 0.475. The van der Waals surface area contributed by atoms with E-state index in [9.17, 15) is 10.2 Å². The molecule has 2 heterocycles. The van der Waals surface area contributed by atoms with Crippen LogP contribution in [0.3, 0.4) is 0 Å². The van der Waals surface area contributed by atoms with Crippen LogP contribution >= 0.6 is 0 Å². The zero-order chi connectivity index (χ0) is 26.0. The normalized spacial score (nSPS) is 11.3. The Morgan fingerprint density at radius 1 is 0.526 bits per heavy atom. The minimum absolute atomic E-state index is 0.189. The lowest BCUT2D eigenvalue weighted by Crippen LogP contribution is -1.89. The summed E-state index contributed by atoms with van der Waals surface area (Å²) in [5.74, 6) is 5.76. The van der Waals surface area contributed by atoms with Crippen molar-refractivity contribution in [2.24, 2.45) is 0 Å². The van der Waals surface area contributed by atoms with Crippen molar-refractivity contribution in [1.82, 2.24) is 9.97 Å². The van der Waals surface area contributed by atoms with Crippen LogP contribution < -0.4 is 0 Å². The number of H-pyrrole nitrogens is 2. The number of aromatic amines is 2. The topological polar surface area (TPSA) is 72.0 Å². The van der Waals surface area contributed by atoms with Gasteiger partial charge in [0.2, 0.25) is 0 Å². The van der Waals surface area contributed by atoms with Crippen molar-refractivity contribution in [2.75, 3.05) is 0 Å². The standard InChI is InChI=1S/C34H20N2O2/c1-3-19-5-9-21(10-6-19)29-31-25-17-23(37)13-15-27(25)36-34(31)30(22-11-7-20(4-2)8-12-22)32-26-18-24(38)14-16-28(26)35-33(29)32/h1-2,5-18,35-38H. The average molecular weight is 489 g/mol. The van der Waals surface area contributed by atoms with E-state index in [0.717, 1.165) is 77.0 Å². The second-order valence-electron chi connectivity index (χ2n) is 9.40. The highest BCUT2D eigenvalue weighted by Gasteiger charge is 2.24. The maximum atomic E-state index is 10.4. The van der Waals surface area contributed by atoms with Crippen LogP contribution in [0.5, 0.6) is 11.5 Å². The van der Waals surface area contributed by atoms with Crippen LogP contribution in [-0.4, -0.2) is 20.2 Å². The van der Waals surface area contributed by atoms with Gasteiger partial charge in [-0.3, -0.25) is 0 Å². The van der Waals surface area contributed by atoms with Crippen molar-refractivity contribution in [3.8, 4) is 58.4 Å². The van der Waals surface area contributed by atoms with Gasteiger partial charge in [0.25, 0.3) is 0 Å². The number of terminal acetylenes is 2. The van der Waals surface area contributed by atoms with Crippen molar-refractivity contribution >= 4 is 43.6 Å². The van der Waals surface area contributed by atoms with Gasteiger partial charge >= 0.3 is 0 Å². The van der Waals surface area contributed by atoms with Crippen LogP contribution in [-0.2, 0) is 0 Å². The highest BCUT2D eigenvalue weighted by atomic mass is 16.3. The summed E-state index contributed by atoms with van der Waals surface area (Å²) in [7, 11) is 0. The van der Waals surface area contributed by atoms with Crippen LogP contribution in [0.25, 0.3) is 65.9 Å². The average Bonchev–Trinajstić information content (AvgIpc) is 3.50. The number of nitrogens with one attached hydrogen (secondary N) is 2. The third-order valence-corrected chi connectivity index (χ3v) is 7.24. The maximum Gasteiger partial charge on any atom is 0.116 e. The number of rotatable bonds is 2. The van der Waals surface area contributed by atoms with E-state index in [1.54, 1.807) is 24.3 Å². The third-order valence-electron chi connectivity index (χ3n) is 7.24. The van der Waals surface area contributed by atoms with E-state index in [4.69, 9.17) is 12.8 Å². The van der Waals surface area contributed by atoms with Gasteiger partial charge in [-0.15, -0.1) is 12.8 Å². The number of phenols is 2.